The fraction of sp³-hybridized carbons (Fsp3) is 0.318. The summed E-state index contributed by atoms with van der Waals surface area (Å²) in [5.41, 5.74) is 6.15. The first-order chi connectivity index (χ1) is 13.3. The second-order valence-electron chi connectivity index (χ2n) is 6.83. The van der Waals surface area contributed by atoms with Crippen molar-refractivity contribution in [2.75, 3.05) is 5.32 Å². The van der Waals surface area contributed by atoms with Crippen LogP contribution < -0.4 is 15.5 Å². The molecule has 0 aromatic heterocycles. The SMILES string of the molecule is Cc1cccc(NC(=O)CCC(=O)NN=Cc2cccc(OC(C)C)c2)c1C. The number of nitrogens with one attached hydrogen (secondary N) is 2. The lowest BCUT2D eigenvalue weighted by atomic mass is 10.1. The van der Waals surface area contributed by atoms with E-state index >= 15 is 0 Å². The second kappa shape index (κ2) is 10.3. The maximum absolute atomic E-state index is 12.1. The summed E-state index contributed by atoms with van der Waals surface area (Å²) < 4.78 is 5.62. The largest absolute Gasteiger partial charge is 0.491 e. The summed E-state index contributed by atoms with van der Waals surface area (Å²) in [6.45, 7) is 7.85. The lowest BCUT2D eigenvalue weighted by molar-refractivity contribution is -0.124. The third kappa shape index (κ3) is 6.87. The highest BCUT2D eigenvalue weighted by molar-refractivity contribution is 5.94. The highest BCUT2D eigenvalue weighted by Crippen LogP contribution is 2.18. The fourth-order valence-electron chi connectivity index (χ4n) is 2.50. The van der Waals surface area contributed by atoms with E-state index in [1.807, 2.05) is 70.2 Å². The smallest absolute Gasteiger partial charge is 0.240 e. The number of aryl methyl sites for hydroxylation is 1. The van der Waals surface area contributed by atoms with Crippen LogP contribution in [0.3, 0.4) is 0 Å². The lowest BCUT2D eigenvalue weighted by Gasteiger charge is -2.10. The number of carbonyl (C=O) groups is 2. The van der Waals surface area contributed by atoms with E-state index in [2.05, 4.69) is 15.8 Å². The topological polar surface area (TPSA) is 79.8 Å². The van der Waals surface area contributed by atoms with Crippen molar-refractivity contribution in [1.29, 1.82) is 0 Å². The molecule has 148 valence electrons. The Balaban J connectivity index is 1.78. The van der Waals surface area contributed by atoms with Crippen molar-refractivity contribution in [2.24, 2.45) is 5.10 Å². The Labute approximate surface area is 166 Å². The number of benzene rings is 2. The van der Waals surface area contributed by atoms with Crippen LogP contribution in [0.4, 0.5) is 5.69 Å². The summed E-state index contributed by atoms with van der Waals surface area (Å²) in [6, 6.07) is 13.2. The summed E-state index contributed by atoms with van der Waals surface area (Å²) in [5, 5.41) is 6.78. The molecule has 0 unspecified atom stereocenters. The van der Waals surface area contributed by atoms with Gasteiger partial charge in [-0.05, 0) is 62.6 Å². The van der Waals surface area contributed by atoms with E-state index in [0.717, 1.165) is 28.1 Å². The zero-order valence-corrected chi connectivity index (χ0v) is 16.8. The van der Waals surface area contributed by atoms with Crippen LogP contribution in [0.5, 0.6) is 5.75 Å². The van der Waals surface area contributed by atoms with Crippen molar-refractivity contribution in [3.8, 4) is 5.75 Å². The van der Waals surface area contributed by atoms with Crippen molar-refractivity contribution >= 4 is 23.7 Å². The van der Waals surface area contributed by atoms with Crippen LogP contribution in [0.1, 0.15) is 43.4 Å². The molecule has 0 spiro atoms. The van der Waals surface area contributed by atoms with Gasteiger partial charge in [0.1, 0.15) is 5.75 Å². The molecule has 2 aromatic carbocycles. The average Bonchev–Trinajstić information content (AvgIpc) is 2.64. The zero-order valence-electron chi connectivity index (χ0n) is 16.8. The maximum atomic E-state index is 12.1. The van der Waals surface area contributed by atoms with Gasteiger partial charge in [-0.15, -0.1) is 0 Å². The summed E-state index contributed by atoms with van der Waals surface area (Å²) in [7, 11) is 0. The quantitative estimate of drug-likeness (QED) is 0.536. The van der Waals surface area contributed by atoms with Crippen molar-refractivity contribution in [3.63, 3.8) is 0 Å². The minimum atomic E-state index is -0.318. The number of carbonyl (C=O) groups excluding carboxylic acids is 2. The molecule has 0 aliphatic heterocycles. The zero-order chi connectivity index (χ0) is 20.5. The number of nitrogens with zero attached hydrogens (tertiary/aromatic N) is 1. The molecule has 0 bridgehead atoms. The van der Waals surface area contributed by atoms with Gasteiger partial charge in [-0.2, -0.15) is 5.10 Å². The predicted molar refractivity (Wildman–Crippen MR) is 112 cm³/mol. The summed E-state index contributed by atoms with van der Waals surface area (Å²) in [5.74, 6) is 0.224. The third-order valence-electron chi connectivity index (χ3n) is 4.09. The van der Waals surface area contributed by atoms with Gasteiger partial charge in [0.2, 0.25) is 11.8 Å². The highest BCUT2D eigenvalue weighted by Gasteiger charge is 2.08. The van der Waals surface area contributed by atoms with Gasteiger partial charge in [0, 0.05) is 18.5 Å². The van der Waals surface area contributed by atoms with Crippen molar-refractivity contribution in [3.05, 3.63) is 59.2 Å². The van der Waals surface area contributed by atoms with Crippen LogP contribution in [0, 0.1) is 13.8 Å². The molecule has 2 amide bonds. The molecule has 28 heavy (non-hydrogen) atoms. The van der Waals surface area contributed by atoms with Gasteiger partial charge in [-0.3, -0.25) is 9.59 Å². The summed E-state index contributed by atoms with van der Waals surface area (Å²) in [4.78, 5) is 24.0. The molecule has 2 N–H and O–H groups in total. The first-order valence-corrected chi connectivity index (χ1v) is 9.30. The van der Waals surface area contributed by atoms with E-state index in [9.17, 15) is 9.59 Å². The Morgan fingerprint density at radius 1 is 1.07 bits per heavy atom. The molecule has 0 aliphatic rings. The van der Waals surface area contributed by atoms with Crippen molar-refractivity contribution in [1.82, 2.24) is 5.43 Å². The first kappa shape index (κ1) is 21.2. The van der Waals surface area contributed by atoms with E-state index in [1.165, 1.54) is 0 Å². The van der Waals surface area contributed by atoms with E-state index in [1.54, 1.807) is 6.21 Å². The Morgan fingerprint density at radius 2 is 1.79 bits per heavy atom. The number of ether oxygens (including phenoxy) is 1. The molecule has 0 saturated carbocycles. The standard InChI is InChI=1S/C22H27N3O3/c1-15(2)28-19-9-6-8-18(13-19)14-23-25-22(27)12-11-21(26)24-20-10-5-7-16(3)17(20)4/h5-10,13-15H,11-12H2,1-4H3,(H,24,26)(H,25,27). The summed E-state index contributed by atoms with van der Waals surface area (Å²) >= 11 is 0. The number of hydrazone groups is 1. The van der Waals surface area contributed by atoms with Gasteiger partial charge in [0.25, 0.3) is 0 Å². The van der Waals surface area contributed by atoms with Gasteiger partial charge in [0.05, 0.1) is 12.3 Å². The van der Waals surface area contributed by atoms with Crippen LogP contribution in [-0.4, -0.2) is 24.1 Å². The van der Waals surface area contributed by atoms with Crippen molar-refractivity contribution < 1.29 is 14.3 Å². The van der Waals surface area contributed by atoms with Crippen LogP contribution in [0.25, 0.3) is 0 Å². The van der Waals surface area contributed by atoms with Crippen LogP contribution >= 0.6 is 0 Å². The molecule has 2 rings (SSSR count). The number of amides is 2. The minimum absolute atomic E-state index is 0.0601. The van der Waals surface area contributed by atoms with Crippen LogP contribution in [0.2, 0.25) is 0 Å². The Morgan fingerprint density at radius 3 is 2.54 bits per heavy atom. The van der Waals surface area contributed by atoms with Gasteiger partial charge in [-0.1, -0.05) is 24.3 Å². The molecule has 0 saturated heterocycles. The Kier molecular flexibility index (Phi) is 7.75. The van der Waals surface area contributed by atoms with Crippen LogP contribution in [0.15, 0.2) is 47.6 Å². The van der Waals surface area contributed by atoms with E-state index in [4.69, 9.17) is 4.74 Å². The van der Waals surface area contributed by atoms with Crippen LogP contribution in [-0.2, 0) is 9.59 Å². The second-order valence-corrected chi connectivity index (χ2v) is 6.83. The first-order valence-electron chi connectivity index (χ1n) is 9.30. The third-order valence-corrected chi connectivity index (χ3v) is 4.09. The molecular formula is C22H27N3O3. The molecule has 2 aromatic rings. The lowest BCUT2D eigenvalue weighted by Crippen LogP contribution is -2.21. The van der Waals surface area contributed by atoms with Gasteiger partial charge in [0.15, 0.2) is 0 Å². The van der Waals surface area contributed by atoms with E-state index in [0.29, 0.717) is 0 Å². The Hall–Kier alpha value is -3.15. The van der Waals surface area contributed by atoms with Gasteiger partial charge in [-0.25, -0.2) is 5.43 Å². The predicted octanol–water partition coefficient (Wildman–Crippen LogP) is 3.96. The number of hydrogen-bond acceptors (Lipinski definition) is 4. The molecule has 0 heterocycles. The number of anilines is 1. The molecule has 0 aliphatic carbocycles. The highest BCUT2D eigenvalue weighted by atomic mass is 16.5. The Bertz CT molecular complexity index is 860. The van der Waals surface area contributed by atoms with E-state index in [-0.39, 0.29) is 30.8 Å². The molecule has 0 atom stereocenters. The number of rotatable bonds is 8. The van der Waals surface area contributed by atoms with Gasteiger partial charge >= 0.3 is 0 Å². The fourth-order valence-corrected chi connectivity index (χ4v) is 2.50. The minimum Gasteiger partial charge on any atom is -0.491 e. The normalized spacial score (nSPS) is 10.9. The molecule has 0 radical (unpaired) electrons. The van der Waals surface area contributed by atoms with Crippen molar-refractivity contribution in [2.45, 2.75) is 46.6 Å². The molecule has 6 heteroatoms. The maximum Gasteiger partial charge on any atom is 0.240 e. The van der Waals surface area contributed by atoms with Gasteiger partial charge < -0.3 is 10.1 Å². The molecule has 0 fully saturated rings. The molecular weight excluding hydrogens is 354 g/mol. The number of hydrogen-bond donors (Lipinski definition) is 2. The summed E-state index contributed by atoms with van der Waals surface area (Å²) in [6.07, 6.45) is 1.78. The van der Waals surface area contributed by atoms with E-state index < -0.39 is 0 Å². The average molecular weight is 381 g/mol. The molecule has 6 nitrogen and oxygen atoms in total. The monoisotopic (exact) mass is 381 g/mol.